The zero-order valence-corrected chi connectivity index (χ0v) is 11.9. The number of benzene rings is 1. The highest BCUT2D eigenvalue weighted by molar-refractivity contribution is 7.99. The van der Waals surface area contributed by atoms with Crippen LogP contribution in [0.5, 0.6) is 0 Å². The van der Waals surface area contributed by atoms with Crippen LogP contribution in [-0.4, -0.2) is 26.0 Å². The highest BCUT2D eigenvalue weighted by Gasteiger charge is 2.15. The van der Waals surface area contributed by atoms with Crippen LogP contribution in [0.25, 0.3) is 11.0 Å². The van der Waals surface area contributed by atoms with Gasteiger partial charge in [-0.05, 0) is 42.4 Å². The molecule has 0 spiro atoms. The molecule has 0 radical (unpaired) electrons. The predicted octanol–water partition coefficient (Wildman–Crippen LogP) is 2.70. The summed E-state index contributed by atoms with van der Waals surface area (Å²) in [7, 11) is 0. The monoisotopic (exact) mass is 300 g/mol. The third kappa shape index (κ3) is 2.68. The number of carboxylic acid groups (broad SMARTS) is 1. The van der Waals surface area contributed by atoms with Crippen molar-refractivity contribution in [1.82, 2.24) is 15.0 Å². The number of nitrogen functional groups attached to an aromatic ring is 1. The molecule has 0 aliphatic rings. The summed E-state index contributed by atoms with van der Waals surface area (Å²) in [5.41, 5.74) is 8.82. The molecule has 2 aromatic heterocycles. The molecule has 0 atom stereocenters. The van der Waals surface area contributed by atoms with E-state index in [4.69, 9.17) is 5.73 Å². The molecule has 6 nitrogen and oxygen atoms in total. The molecular formula is C14H12N4O2S. The van der Waals surface area contributed by atoms with Crippen molar-refractivity contribution >= 4 is 34.5 Å². The average molecular weight is 300 g/mol. The second-order valence-electron chi connectivity index (χ2n) is 4.59. The summed E-state index contributed by atoms with van der Waals surface area (Å²) in [4.78, 5) is 22.9. The van der Waals surface area contributed by atoms with Gasteiger partial charge >= 0.3 is 5.97 Å². The van der Waals surface area contributed by atoms with Gasteiger partial charge < -0.3 is 15.8 Å². The van der Waals surface area contributed by atoms with E-state index < -0.39 is 5.97 Å². The summed E-state index contributed by atoms with van der Waals surface area (Å²) in [6, 6.07) is 7.27. The van der Waals surface area contributed by atoms with E-state index in [9.17, 15) is 9.90 Å². The summed E-state index contributed by atoms with van der Waals surface area (Å²) in [5, 5.41) is 10.2. The van der Waals surface area contributed by atoms with Gasteiger partial charge in [0.15, 0.2) is 5.16 Å². The topological polar surface area (TPSA) is 105 Å². The molecule has 106 valence electrons. The Morgan fingerprint density at radius 3 is 2.95 bits per heavy atom. The van der Waals surface area contributed by atoms with Gasteiger partial charge in [-0.3, -0.25) is 0 Å². The van der Waals surface area contributed by atoms with Crippen molar-refractivity contribution in [3.8, 4) is 0 Å². The van der Waals surface area contributed by atoms with Crippen molar-refractivity contribution in [2.75, 3.05) is 5.73 Å². The van der Waals surface area contributed by atoms with Gasteiger partial charge in [0.2, 0.25) is 0 Å². The Morgan fingerprint density at radius 1 is 1.38 bits per heavy atom. The number of fused-ring (bicyclic) bond motifs is 1. The number of pyridine rings is 1. The number of rotatable bonds is 3. The molecule has 4 N–H and O–H groups in total. The van der Waals surface area contributed by atoms with Crippen LogP contribution < -0.4 is 5.73 Å². The maximum atomic E-state index is 11.2. The molecule has 2 heterocycles. The zero-order valence-electron chi connectivity index (χ0n) is 11.1. The minimum atomic E-state index is -1.07. The number of carboxylic acids is 1. The van der Waals surface area contributed by atoms with Crippen molar-refractivity contribution in [1.29, 1.82) is 0 Å². The Labute approximate surface area is 124 Å². The number of nitrogens with one attached hydrogen (secondary N) is 1. The van der Waals surface area contributed by atoms with Crippen molar-refractivity contribution in [2.45, 2.75) is 17.1 Å². The van der Waals surface area contributed by atoms with E-state index in [-0.39, 0.29) is 5.56 Å². The summed E-state index contributed by atoms with van der Waals surface area (Å²) < 4.78 is 0. The van der Waals surface area contributed by atoms with E-state index in [1.165, 1.54) is 24.0 Å². The highest BCUT2D eigenvalue weighted by atomic mass is 32.2. The number of hydrogen-bond acceptors (Lipinski definition) is 5. The Kier molecular flexibility index (Phi) is 3.26. The molecule has 0 amide bonds. The van der Waals surface area contributed by atoms with Gasteiger partial charge in [-0.1, -0.05) is 6.07 Å². The lowest BCUT2D eigenvalue weighted by Gasteiger charge is -2.03. The van der Waals surface area contributed by atoms with Crippen molar-refractivity contribution in [2.24, 2.45) is 0 Å². The molecule has 0 unspecified atom stereocenters. The fourth-order valence-electron chi connectivity index (χ4n) is 1.94. The Morgan fingerprint density at radius 2 is 2.19 bits per heavy atom. The molecule has 3 rings (SSSR count). The van der Waals surface area contributed by atoms with Crippen LogP contribution in [-0.2, 0) is 0 Å². The first-order valence-electron chi connectivity index (χ1n) is 6.16. The van der Waals surface area contributed by atoms with Gasteiger partial charge in [-0.25, -0.2) is 14.8 Å². The molecule has 0 aliphatic heterocycles. The molecule has 3 aromatic rings. The number of aromatic amines is 1. The van der Waals surface area contributed by atoms with E-state index in [0.717, 1.165) is 16.6 Å². The number of H-pyrrole nitrogens is 1. The molecule has 0 saturated heterocycles. The summed E-state index contributed by atoms with van der Waals surface area (Å²) in [6.45, 7) is 2.00. The number of aryl methyl sites for hydroxylation is 1. The van der Waals surface area contributed by atoms with E-state index in [2.05, 4.69) is 15.0 Å². The van der Waals surface area contributed by atoms with E-state index in [1.54, 1.807) is 0 Å². The predicted molar refractivity (Wildman–Crippen MR) is 80.6 cm³/mol. The number of nitrogens with zero attached hydrogens (tertiary/aromatic N) is 2. The van der Waals surface area contributed by atoms with Crippen LogP contribution in [0.3, 0.4) is 0 Å². The molecular weight excluding hydrogens is 288 g/mol. The first kappa shape index (κ1) is 13.4. The number of anilines is 1. The second-order valence-corrected chi connectivity index (χ2v) is 5.57. The Balaban J connectivity index is 2.00. The van der Waals surface area contributed by atoms with Crippen LogP contribution in [0.4, 0.5) is 5.69 Å². The fraction of sp³-hybridized carbons (Fsp3) is 0.0714. The second kappa shape index (κ2) is 5.10. The van der Waals surface area contributed by atoms with E-state index >= 15 is 0 Å². The highest BCUT2D eigenvalue weighted by Crippen LogP contribution is 2.29. The first-order valence-corrected chi connectivity index (χ1v) is 6.97. The van der Waals surface area contributed by atoms with Crippen molar-refractivity contribution in [3.63, 3.8) is 0 Å². The molecule has 21 heavy (non-hydrogen) atoms. The zero-order chi connectivity index (χ0) is 15.0. The number of imidazole rings is 1. The van der Waals surface area contributed by atoms with Gasteiger partial charge in [0.05, 0.1) is 28.5 Å². The lowest BCUT2D eigenvalue weighted by molar-refractivity contribution is 0.0692. The number of carbonyl (C=O) groups is 1. The molecule has 7 heteroatoms. The van der Waals surface area contributed by atoms with Crippen LogP contribution in [0.15, 0.2) is 40.6 Å². The minimum absolute atomic E-state index is 0.0663. The van der Waals surface area contributed by atoms with Crippen LogP contribution in [0.2, 0.25) is 0 Å². The Bertz CT molecular complexity index is 844. The fourth-order valence-corrected chi connectivity index (χ4v) is 2.79. The number of nitrogens with two attached hydrogens (primary N) is 1. The summed E-state index contributed by atoms with van der Waals surface area (Å²) in [6.07, 6.45) is 1.43. The smallest absolute Gasteiger partial charge is 0.338 e. The lowest BCUT2D eigenvalue weighted by atomic mass is 10.2. The van der Waals surface area contributed by atoms with Crippen molar-refractivity contribution in [3.05, 3.63) is 41.6 Å². The van der Waals surface area contributed by atoms with Gasteiger partial charge in [-0.15, -0.1) is 0 Å². The maximum Gasteiger partial charge on any atom is 0.338 e. The van der Waals surface area contributed by atoms with Crippen molar-refractivity contribution < 1.29 is 9.90 Å². The molecule has 0 aliphatic carbocycles. The third-order valence-electron chi connectivity index (χ3n) is 2.91. The molecule has 1 aromatic carbocycles. The average Bonchev–Trinajstić information content (AvgIpc) is 2.82. The standard InChI is InChI=1S/C14H12N4O2S/c1-7-2-3-10-11(4-7)18-14(17-10)21-12-9(13(19)20)5-8(15)6-16-12/h2-6H,15H2,1H3,(H,17,18)(H,19,20). The third-order valence-corrected chi connectivity index (χ3v) is 3.82. The van der Waals surface area contributed by atoms with E-state index in [0.29, 0.717) is 15.9 Å². The normalized spacial score (nSPS) is 10.9. The van der Waals surface area contributed by atoms with Gasteiger partial charge in [-0.2, -0.15) is 0 Å². The SMILES string of the molecule is Cc1ccc2nc(Sc3ncc(N)cc3C(=O)O)[nH]c2c1. The quantitative estimate of drug-likeness (QED) is 0.687. The van der Waals surface area contributed by atoms with Crippen LogP contribution in [0, 0.1) is 6.92 Å². The summed E-state index contributed by atoms with van der Waals surface area (Å²) in [5.74, 6) is -1.07. The molecule has 0 saturated carbocycles. The first-order chi connectivity index (χ1) is 10.0. The Hall–Kier alpha value is -2.54. The minimum Gasteiger partial charge on any atom is -0.478 e. The summed E-state index contributed by atoms with van der Waals surface area (Å²) >= 11 is 1.17. The van der Waals surface area contributed by atoms with Gasteiger partial charge in [0, 0.05) is 0 Å². The van der Waals surface area contributed by atoms with Gasteiger partial charge in [0.1, 0.15) is 5.03 Å². The molecule has 0 bridgehead atoms. The van der Waals surface area contributed by atoms with E-state index in [1.807, 2.05) is 25.1 Å². The molecule has 0 fully saturated rings. The maximum absolute atomic E-state index is 11.2. The number of aromatic nitrogens is 3. The van der Waals surface area contributed by atoms with Gasteiger partial charge in [0.25, 0.3) is 0 Å². The number of hydrogen-bond donors (Lipinski definition) is 3. The van der Waals surface area contributed by atoms with Crippen LogP contribution in [0.1, 0.15) is 15.9 Å². The lowest BCUT2D eigenvalue weighted by Crippen LogP contribution is -2.02. The van der Waals surface area contributed by atoms with Crippen LogP contribution >= 0.6 is 11.8 Å². The number of aromatic carboxylic acids is 1. The largest absolute Gasteiger partial charge is 0.478 e.